The molecule has 3 heterocycles. The first-order valence-corrected chi connectivity index (χ1v) is 14.3. The summed E-state index contributed by atoms with van der Waals surface area (Å²) in [4.78, 5) is 33.2. The lowest BCUT2D eigenvalue weighted by Gasteiger charge is -2.14. The molecule has 10 heteroatoms. The Bertz CT molecular complexity index is 2200. The second-order valence-corrected chi connectivity index (χ2v) is 10.8. The topological polar surface area (TPSA) is 116 Å². The van der Waals surface area contributed by atoms with E-state index in [4.69, 9.17) is 4.98 Å². The molecule has 0 aliphatic carbocycles. The number of nitrogens with one attached hydrogen (secondary N) is 1. The van der Waals surface area contributed by atoms with Gasteiger partial charge in [-0.3, -0.25) is 4.79 Å². The van der Waals surface area contributed by atoms with E-state index in [1.807, 2.05) is 115 Å². The molecule has 0 saturated heterocycles. The Morgan fingerprint density at radius 3 is 1.95 bits per heavy atom. The van der Waals surface area contributed by atoms with Gasteiger partial charge in [0, 0.05) is 18.0 Å². The number of benzene rings is 4. The van der Waals surface area contributed by atoms with Gasteiger partial charge >= 0.3 is 5.69 Å². The van der Waals surface area contributed by atoms with E-state index >= 15 is 0 Å². The molecule has 3 aromatic heterocycles. The highest BCUT2D eigenvalue weighted by Gasteiger charge is 2.24. The number of aromatic amines is 1. The molecule has 0 aliphatic rings. The quantitative estimate of drug-likeness (QED) is 0.272. The number of imidazole rings is 1. The van der Waals surface area contributed by atoms with Crippen LogP contribution in [0, 0.1) is 0 Å². The molecule has 44 heavy (non-hydrogen) atoms. The van der Waals surface area contributed by atoms with E-state index in [1.54, 1.807) is 12.1 Å². The average molecular weight is 581 g/mol. The third-order valence-corrected chi connectivity index (χ3v) is 7.66. The summed E-state index contributed by atoms with van der Waals surface area (Å²) >= 11 is 0. The third-order valence-electron chi connectivity index (χ3n) is 7.66. The second kappa shape index (κ2) is 11.1. The van der Waals surface area contributed by atoms with Crippen LogP contribution in [0.25, 0.3) is 45.1 Å². The van der Waals surface area contributed by atoms with Crippen molar-refractivity contribution in [3.63, 3.8) is 0 Å². The molecule has 0 atom stereocenters. The smallest absolute Gasteiger partial charge is 0.317 e. The van der Waals surface area contributed by atoms with E-state index in [0.29, 0.717) is 34.9 Å². The molecule has 0 spiro atoms. The number of hydrogen-bond acceptors (Lipinski definition) is 6. The van der Waals surface area contributed by atoms with Crippen LogP contribution in [0.1, 0.15) is 31.2 Å². The molecular formula is C34H28N8O2. The summed E-state index contributed by atoms with van der Waals surface area (Å²) < 4.78 is 4.71. The van der Waals surface area contributed by atoms with Gasteiger partial charge in [0.05, 0.1) is 11.4 Å². The molecule has 1 N–H and O–H groups in total. The number of H-pyrrole nitrogens is 1. The van der Waals surface area contributed by atoms with Crippen LogP contribution in [-0.2, 0) is 6.54 Å². The SMILES string of the molecule is CC(C)c1nc2c(c(=O)n(-c3ccccc3)c(=O)n2-c2ccccc2)n1Cc1ccc(-c2ccccc2-c2nnn[nH]2)cc1. The maximum atomic E-state index is 14.2. The second-order valence-electron chi connectivity index (χ2n) is 10.8. The Morgan fingerprint density at radius 1 is 0.727 bits per heavy atom. The maximum absolute atomic E-state index is 14.2. The van der Waals surface area contributed by atoms with Crippen LogP contribution < -0.4 is 11.2 Å². The van der Waals surface area contributed by atoms with Gasteiger partial charge in [-0.15, -0.1) is 5.10 Å². The zero-order valence-electron chi connectivity index (χ0n) is 24.1. The van der Waals surface area contributed by atoms with Crippen molar-refractivity contribution >= 4 is 11.2 Å². The van der Waals surface area contributed by atoms with Gasteiger partial charge in [0.1, 0.15) is 5.82 Å². The molecule has 7 aromatic rings. The van der Waals surface area contributed by atoms with Gasteiger partial charge in [-0.05, 0) is 51.4 Å². The van der Waals surface area contributed by atoms with Gasteiger partial charge in [0.2, 0.25) is 0 Å². The highest BCUT2D eigenvalue weighted by molar-refractivity contribution is 5.80. The molecule has 4 aromatic carbocycles. The van der Waals surface area contributed by atoms with Crippen molar-refractivity contribution in [2.45, 2.75) is 26.3 Å². The minimum absolute atomic E-state index is 0.00651. The lowest BCUT2D eigenvalue weighted by Crippen LogP contribution is -2.39. The maximum Gasteiger partial charge on any atom is 0.342 e. The summed E-state index contributed by atoms with van der Waals surface area (Å²) in [7, 11) is 0. The summed E-state index contributed by atoms with van der Waals surface area (Å²) in [6.45, 7) is 4.47. The van der Waals surface area contributed by atoms with E-state index in [9.17, 15) is 9.59 Å². The van der Waals surface area contributed by atoms with Gasteiger partial charge < -0.3 is 4.57 Å². The number of hydrogen-bond donors (Lipinski definition) is 1. The van der Waals surface area contributed by atoms with Gasteiger partial charge in [-0.2, -0.15) is 0 Å². The Balaban J connectivity index is 1.40. The first-order chi connectivity index (χ1) is 21.5. The molecule has 0 unspecified atom stereocenters. The zero-order valence-corrected chi connectivity index (χ0v) is 24.1. The molecule has 0 amide bonds. The summed E-state index contributed by atoms with van der Waals surface area (Å²) in [5.41, 5.74) is 4.84. The molecule has 216 valence electrons. The largest absolute Gasteiger partial charge is 0.342 e. The number of nitrogens with zero attached hydrogens (tertiary/aromatic N) is 7. The van der Waals surface area contributed by atoms with Crippen LogP contribution in [0.3, 0.4) is 0 Å². The standard InChI is InChI=1S/C34H28N8O2/c1-22(2)31-35-32-29(33(43)42(26-13-7-4-8-14-26)34(44)41(32)25-11-5-3-6-12-25)40(31)21-23-17-19-24(20-18-23)27-15-9-10-16-28(27)30-36-38-39-37-30/h3-20,22H,21H2,1-2H3,(H,36,37,38,39). The van der Waals surface area contributed by atoms with Crippen molar-refractivity contribution < 1.29 is 0 Å². The summed E-state index contributed by atoms with van der Waals surface area (Å²) in [6.07, 6.45) is 0. The number of para-hydroxylation sites is 2. The number of fused-ring (bicyclic) bond motifs is 1. The van der Waals surface area contributed by atoms with E-state index in [2.05, 4.69) is 20.6 Å². The van der Waals surface area contributed by atoms with Crippen LogP contribution in [0.4, 0.5) is 0 Å². The highest BCUT2D eigenvalue weighted by Crippen LogP contribution is 2.30. The normalized spacial score (nSPS) is 11.4. The summed E-state index contributed by atoms with van der Waals surface area (Å²) in [6, 6.07) is 34.4. The lowest BCUT2D eigenvalue weighted by molar-refractivity contribution is 0.681. The van der Waals surface area contributed by atoms with E-state index in [-0.39, 0.29) is 5.92 Å². The predicted molar refractivity (Wildman–Crippen MR) is 169 cm³/mol. The van der Waals surface area contributed by atoms with Crippen molar-refractivity contribution in [3.8, 4) is 33.9 Å². The van der Waals surface area contributed by atoms with Gasteiger partial charge in [0.25, 0.3) is 5.56 Å². The first kappa shape index (κ1) is 27.0. The summed E-state index contributed by atoms with van der Waals surface area (Å²) in [5, 5.41) is 14.4. The Labute approximate surface area is 251 Å². The molecule has 0 fully saturated rings. The monoisotopic (exact) mass is 580 g/mol. The van der Waals surface area contributed by atoms with Crippen molar-refractivity contribution in [1.29, 1.82) is 0 Å². The van der Waals surface area contributed by atoms with Crippen LogP contribution in [0.5, 0.6) is 0 Å². The minimum Gasteiger partial charge on any atom is -0.317 e. The predicted octanol–water partition coefficient (Wildman–Crippen LogP) is 5.36. The minimum atomic E-state index is -0.468. The van der Waals surface area contributed by atoms with E-state index in [0.717, 1.165) is 28.1 Å². The summed E-state index contributed by atoms with van der Waals surface area (Å²) in [5.74, 6) is 1.31. The Morgan fingerprint density at radius 2 is 1.34 bits per heavy atom. The van der Waals surface area contributed by atoms with Crippen molar-refractivity contribution in [2.75, 3.05) is 0 Å². The average Bonchev–Trinajstić information content (AvgIpc) is 3.72. The Kier molecular flexibility index (Phi) is 6.78. The number of tetrazole rings is 1. The molecule has 0 aliphatic heterocycles. The fourth-order valence-electron chi connectivity index (χ4n) is 5.61. The highest BCUT2D eigenvalue weighted by atomic mass is 16.2. The molecule has 7 rings (SSSR count). The molecule has 0 saturated carbocycles. The van der Waals surface area contributed by atoms with E-state index in [1.165, 1.54) is 9.13 Å². The van der Waals surface area contributed by atoms with Crippen molar-refractivity contribution in [2.24, 2.45) is 0 Å². The van der Waals surface area contributed by atoms with Crippen molar-refractivity contribution in [1.82, 2.24) is 39.3 Å². The van der Waals surface area contributed by atoms with Crippen molar-refractivity contribution in [3.05, 3.63) is 141 Å². The molecule has 10 nitrogen and oxygen atoms in total. The number of rotatable bonds is 7. The van der Waals surface area contributed by atoms with Crippen LogP contribution >= 0.6 is 0 Å². The fraction of sp³-hybridized carbons (Fsp3) is 0.118. The lowest BCUT2D eigenvalue weighted by atomic mass is 9.98. The molecule has 0 radical (unpaired) electrons. The van der Waals surface area contributed by atoms with Gasteiger partial charge in [-0.1, -0.05) is 98.8 Å². The van der Waals surface area contributed by atoms with Crippen LogP contribution in [0.15, 0.2) is 119 Å². The van der Waals surface area contributed by atoms with Crippen LogP contribution in [0.2, 0.25) is 0 Å². The third kappa shape index (κ3) is 4.62. The zero-order chi connectivity index (χ0) is 30.2. The Hall–Kier alpha value is -5.90. The van der Waals surface area contributed by atoms with Gasteiger partial charge in [0.15, 0.2) is 17.0 Å². The first-order valence-electron chi connectivity index (χ1n) is 14.3. The van der Waals surface area contributed by atoms with E-state index < -0.39 is 11.2 Å². The molecule has 0 bridgehead atoms. The fourth-order valence-corrected chi connectivity index (χ4v) is 5.61. The number of aromatic nitrogens is 8. The van der Waals surface area contributed by atoms with Gasteiger partial charge in [-0.25, -0.2) is 24.0 Å². The molecular weight excluding hydrogens is 552 g/mol. The van der Waals surface area contributed by atoms with Crippen LogP contribution in [-0.4, -0.2) is 39.3 Å².